The largest absolute Gasteiger partial charge is 0.458 e. The maximum absolute atomic E-state index is 12.5. The summed E-state index contributed by atoms with van der Waals surface area (Å²) in [5.74, 6) is -2.12. The molecule has 0 radical (unpaired) electrons. The zero-order valence-corrected chi connectivity index (χ0v) is 16.1. The van der Waals surface area contributed by atoms with Crippen LogP contribution in [0, 0.1) is 20.8 Å². The summed E-state index contributed by atoms with van der Waals surface area (Å²) in [4.78, 5) is 36.8. The van der Waals surface area contributed by atoms with E-state index in [0.717, 1.165) is 16.7 Å². The van der Waals surface area contributed by atoms with Crippen LogP contribution in [0.1, 0.15) is 50.8 Å². The molecule has 142 valence electrons. The van der Waals surface area contributed by atoms with E-state index in [9.17, 15) is 14.4 Å². The van der Waals surface area contributed by atoms with E-state index in [1.165, 1.54) is 0 Å². The average Bonchev–Trinajstić information content (AvgIpc) is 2.64. The summed E-state index contributed by atoms with van der Waals surface area (Å²) in [5, 5.41) is 0. The van der Waals surface area contributed by atoms with Crippen LogP contribution in [0.2, 0.25) is 0 Å². The maximum atomic E-state index is 12.5. The van der Waals surface area contributed by atoms with Crippen LogP contribution in [-0.4, -0.2) is 30.4 Å². The minimum atomic E-state index is -0.937. The van der Waals surface area contributed by atoms with Gasteiger partial charge in [-0.25, -0.2) is 9.59 Å². The molecule has 2 rings (SSSR count). The fourth-order valence-electron chi connectivity index (χ4n) is 2.91. The molecule has 0 aliphatic rings. The first-order valence-electron chi connectivity index (χ1n) is 8.88. The summed E-state index contributed by atoms with van der Waals surface area (Å²) in [5.41, 5.74) is 3.27. The summed E-state index contributed by atoms with van der Waals surface area (Å²) in [7, 11) is 0. The molecule has 1 unspecified atom stereocenters. The van der Waals surface area contributed by atoms with E-state index in [1.54, 1.807) is 51.1 Å². The number of hydrogen-bond acceptors (Lipinski definition) is 5. The molecule has 0 spiro atoms. The summed E-state index contributed by atoms with van der Waals surface area (Å²) >= 11 is 0. The number of aryl methyl sites for hydroxylation is 3. The molecule has 0 aliphatic carbocycles. The number of carbonyl (C=O) groups excluding carboxylic acids is 3. The zero-order valence-electron chi connectivity index (χ0n) is 16.1. The molecule has 2 aromatic rings. The number of hydrogen-bond donors (Lipinski definition) is 0. The summed E-state index contributed by atoms with van der Waals surface area (Å²) in [6.07, 6.45) is -0.257. The lowest BCUT2D eigenvalue weighted by Crippen LogP contribution is -2.29. The molecule has 0 N–H and O–H groups in total. The Hall–Kier alpha value is -2.95. The van der Waals surface area contributed by atoms with E-state index in [-0.39, 0.29) is 6.61 Å². The first-order valence-corrected chi connectivity index (χ1v) is 8.88. The van der Waals surface area contributed by atoms with Gasteiger partial charge in [0.1, 0.15) is 12.7 Å². The van der Waals surface area contributed by atoms with Crippen LogP contribution in [0.15, 0.2) is 42.5 Å². The molecule has 0 heterocycles. The van der Waals surface area contributed by atoms with Gasteiger partial charge in [0, 0.05) is 5.56 Å². The Morgan fingerprint density at radius 1 is 0.963 bits per heavy atom. The topological polar surface area (TPSA) is 69.7 Å². The van der Waals surface area contributed by atoms with Gasteiger partial charge < -0.3 is 9.47 Å². The predicted molar refractivity (Wildman–Crippen MR) is 102 cm³/mol. The maximum Gasteiger partial charge on any atom is 0.380 e. The first kappa shape index (κ1) is 20.4. The normalized spacial score (nSPS) is 11.6. The quantitative estimate of drug-likeness (QED) is 0.420. The Morgan fingerprint density at radius 3 is 2.11 bits per heavy atom. The zero-order chi connectivity index (χ0) is 20.0. The lowest BCUT2D eigenvalue weighted by atomic mass is 9.96. The Labute approximate surface area is 159 Å². The van der Waals surface area contributed by atoms with Gasteiger partial charge in [0.2, 0.25) is 0 Å². The van der Waals surface area contributed by atoms with Crippen LogP contribution in [-0.2, 0) is 14.3 Å². The van der Waals surface area contributed by atoms with E-state index < -0.39 is 23.8 Å². The smallest absolute Gasteiger partial charge is 0.380 e. The average molecular weight is 368 g/mol. The van der Waals surface area contributed by atoms with E-state index in [2.05, 4.69) is 0 Å². The number of Topliss-reactive ketones (excluding diaryl/α,β-unsaturated/α-hetero) is 1. The molecule has 0 aromatic heterocycles. The standard InChI is InChI=1S/C22H24O5/c1-5-18(13-26-21(24)17-9-7-6-8-10-17)27-22(25)20(23)19-15(3)11-14(2)12-16(19)4/h6-12,18H,5,13H2,1-4H3. The Bertz CT molecular complexity index is 816. The molecule has 1 atom stereocenters. The summed E-state index contributed by atoms with van der Waals surface area (Å²) in [6, 6.07) is 12.3. The monoisotopic (exact) mass is 368 g/mol. The second-order valence-corrected chi connectivity index (χ2v) is 6.50. The second-order valence-electron chi connectivity index (χ2n) is 6.50. The Kier molecular flexibility index (Phi) is 6.88. The van der Waals surface area contributed by atoms with Crippen LogP contribution in [0.5, 0.6) is 0 Å². The van der Waals surface area contributed by atoms with Gasteiger partial charge in [-0.15, -0.1) is 0 Å². The third kappa shape index (κ3) is 5.26. The van der Waals surface area contributed by atoms with Crippen molar-refractivity contribution in [3.63, 3.8) is 0 Å². The van der Waals surface area contributed by atoms with Gasteiger partial charge in [-0.2, -0.15) is 0 Å². The summed E-state index contributed by atoms with van der Waals surface area (Å²) in [6.45, 7) is 7.20. The molecule has 0 fully saturated rings. The number of carbonyl (C=O) groups is 3. The Balaban J connectivity index is 2.00. The number of esters is 2. The van der Waals surface area contributed by atoms with Crippen molar-refractivity contribution in [1.29, 1.82) is 0 Å². The van der Waals surface area contributed by atoms with Gasteiger partial charge in [0.05, 0.1) is 5.56 Å². The molecule has 0 bridgehead atoms. The Morgan fingerprint density at radius 2 is 1.56 bits per heavy atom. The highest BCUT2D eigenvalue weighted by Crippen LogP contribution is 2.18. The van der Waals surface area contributed by atoms with Crippen LogP contribution in [0.3, 0.4) is 0 Å². The third-order valence-electron chi connectivity index (χ3n) is 4.23. The predicted octanol–water partition coefficient (Wildman–Crippen LogP) is 3.97. The SMILES string of the molecule is CCC(COC(=O)c1ccccc1)OC(=O)C(=O)c1c(C)cc(C)cc1C. The number of rotatable bonds is 7. The van der Waals surface area contributed by atoms with Crippen molar-refractivity contribution < 1.29 is 23.9 Å². The van der Waals surface area contributed by atoms with Crippen LogP contribution >= 0.6 is 0 Å². The highest BCUT2D eigenvalue weighted by Gasteiger charge is 2.25. The van der Waals surface area contributed by atoms with Gasteiger partial charge in [0.15, 0.2) is 0 Å². The summed E-state index contributed by atoms with van der Waals surface area (Å²) < 4.78 is 10.5. The molecule has 0 amide bonds. The molecule has 0 aliphatic heterocycles. The van der Waals surface area contributed by atoms with Crippen molar-refractivity contribution in [3.8, 4) is 0 Å². The van der Waals surface area contributed by atoms with Gasteiger partial charge in [-0.3, -0.25) is 4.79 Å². The van der Waals surface area contributed by atoms with Gasteiger partial charge in [-0.1, -0.05) is 42.8 Å². The molecule has 27 heavy (non-hydrogen) atoms. The fraction of sp³-hybridized carbons (Fsp3) is 0.318. The van der Waals surface area contributed by atoms with E-state index in [0.29, 0.717) is 17.5 Å². The van der Waals surface area contributed by atoms with Crippen molar-refractivity contribution in [1.82, 2.24) is 0 Å². The third-order valence-corrected chi connectivity index (χ3v) is 4.23. The second kappa shape index (κ2) is 9.12. The molecular formula is C22H24O5. The van der Waals surface area contributed by atoms with E-state index in [4.69, 9.17) is 9.47 Å². The highest BCUT2D eigenvalue weighted by molar-refractivity contribution is 6.41. The first-order chi connectivity index (χ1) is 12.8. The van der Waals surface area contributed by atoms with Crippen LogP contribution in [0.25, 0.3) is 0 Å². The molecule has 0 saturated carbocycles. The minimum absolute atomic E-state index is 0.102. The van der Waals surface area contributed by atoms with Crippen molar-refractivity contribution in [2.75, 3.05) is 6.61 Å². The van der Waals surface area contributed by atoms with E-state index in [1.807, 2.05) is 19.1 Å². The molecule has 2 aromatic carbocycles. The van der Waals surface area contributed by atoms with Crippen molar-refractivity contribution in [3.05, 3.63) is 70.3 Å². The molecule has 0 saturated heterocycles. The number of ether oxygens (including phenoxy) is 2. The lowest BCUT2D eigenvalue weighted by molar-refractivity contribution is -0.145. The van der Waals surface area contributed by atoms with E-state index >= 15 is 0 Å². The highest BCUT2D eigenvalue weighted by atomic mass is 16.6. The van der Waals surface area contributed by atoms with Crippen molar-refractivity contribution in [2.24, 2.45) is 0 Å². The number of ketones is 1. The van der Waals surface area contributed by atoms with Gasteiger partial charge >= 0.3 is 11.9 Å². The molecule has 5 heteroatoms. The number of benzene rings is 2. The van der Waals surface area contributed by atoms with Gasteiger partial charge in [-0.05, 0) is 50.5 Å². The molecule has 5 nitrogen and oxygen atoms in total. The lowest BCUT2D eigenvalue weighted by Gasteiger charge is -2.17. The minimum Gasteiger partial charge on any atom is -0.458 e. The van der Waals surface area contributed by atoms with Crippen LogP contribution < -0.4 is 0 Å². The van der Waals surface area contributed by atoms with Crippen molar-refractivity contribution >= 4 is 17.7 Å². The molecular weight excluding hydrogens is 344 g/mol. The fourth-order valence-corrected chi connectivity index (χ4v) is 2.91. The van der Waals surface area contributed by atoms with Crippen LogP contribution in [0.4, 0.5) is 0 Å². The van der Waals surface area contributed by atoms with Gasteiger partial charge in [0.25, 0.3) is 5.78 Å². The van der Waals surface area contributed by atoms with Crippen molar-refractivity contribution in [2.45, 2.75) is 40.2 Å².